The highest BCUT2D eigenvalue weighted by molar-refractivity contribution is 5.95. The van der Waals surface area contributed by atoms with Crippen molar-refractivity contribution in [3.8, 4) is 0 Å². The van der Waals surface area contributed by atoms with Crippen LogP contribution in [0.2, 0.25) is 0 Å². The quantitative estimate of drug-likeness (QED) is 0.772. The van der Waals surface area contributed by atoms with Crippen molar-refractivity contribution in [2.75, 3.05) is 13.2 Å². The lowest BCUT2D eigenvalue weighted by Gasteiger charge is -2.25. The molecule has 0 aromatic carbocycles. The molecule has 6 heteroatoms. The van der Waals surface area contributed by atoms with Crippen LogP contribution in [0.5, 0.6) is 0 Å². The number of hydrogen-bond acceptors (Lipinski definition) is 4. The number of aromatic amines is 1. The molecule has 0 fully saturated rings. The fourth-order valence-electron chi connectivity index (χ4n) is 1.37. The van der Waals surface area contributed by atoms with Gasteiger partial charge < -0.3 is 9.64 Å². The van der Waals surface area contributed by atoms with Gasteiger partial charge in [-0.2, -0.15) is 5.10 Å². The first kappa shape index (κ1) is 13.2. The third kappa shape index (κ3) is 3.58. The van der Waals surface area contributed by atoms with E-state index in [1.165, 1.54) is 17.3 Å². The van der Waals surface area contributed by atoms with Gasteiger partial charge in [-0.1, -0.05) is 0 Å². The zero-order valence-corrected chi connectivity index (χ0v) is 10.3. The molecular formula is C11H17N3O3. The molecule has 17 heavy (non-hydrogen) atoms. The molecule has 6 nitrogen and oxygen atoms in total. The molecule has 0 saturated carbocycles. The van der Waals surface area contributed by atoms with Crippen molar-refractivity contribution < 1.29 is 14.3 Å². The second kappa shape index (κ2) is 6.03. The Hall–Kier alpha value is -1.85. The minimum atomic E-state index is -0.405. The number of ether oxygens (including phenoxy) is 1. The zero-order chi connectivity index (χ0) is 12.8. The molecule has 0 aliphatic heterocycles. The third-order valence-corrected chi connectivity index (χ3v) is 2.23. The number of esters is 1. The minimum Gasteiger partial charge on any atom is -0.465 e. The Balaban J connectivity index is 2.73. The number of amides is 1. The van der Waals surface area contributed by atoms with Crippen molar-refractivity contribution in [1.29, 1.82) is 0 Å². The molecule has 0 aliphatic carbocycles. The van der Waals surface area contributed by atoms with Gasteiger partial charge in [0.05, 0.1) is 18.4 Å². The Kier molecular flexibility index (Phi) is 4.68. The van der Waals surface area contributed by atoms with Gasteiger partial charge in [0.15, 0.2) is 0 Å². The maximum atomic E-state index is 12.0. The van der Waals surface area contributed by atoms with Crippen LogP contribution in [0.1, 0.15) is 31.1 Å². The van der Waals surface area contributed by atoms with E-state index in [0.29, 0.717) is 12.2 Å². The molecule has 1 aromatic heterocycles. The summed E-state index contributed by atoms with van der Waals surface area (Å²) >= 11 is 0. The van der Waals surface area contributed by atoms with E-state index in [9.17, 15) is 9.59 Å². The summed E-state index contributed by atoms with van der Waals surface area (Å²) in [4.78, 5) is 24.9. The van der Waals surface area contributed by atoms with Gasteiger partial charge in [0.1, 0.15) is 6.54 Å². The Morgan fingerprint density at radius 3 is 2.71 bits per heavy atom. The maximum absolute atomic E-state index is 12.0. The summed E-state index contributed by atoms with van der Waals surface area (Å²) < 4.78 is 4.83. The number of carbonyl (C=O) groups is 2. The zero-order valence-electron chi connectivity index (χ0n) is 10.3. The molecule has 1 heterocycles. The van der Waals surface area contributed by atoms with Crippen LogP contribution >= 0.6 is 0 Å². The summed E-state index contributed by atoms with van der Waals surface area (Å²) in [6.07, 6.45) is 2.94. The van der Waals surface area contributed by atoms with Crippen LogP contribution in [0.15, 0.2) is 12.4 Å². The average molecular weight is 239 g/mol. The molecule has 0 saturated heterocycles. The molecule has 0 bridgehead atoms. The molecule has 1 rings (SSSR count). The number of H-pyrrole nitrogens is 1. The van der Waals surface area contributed by atoms with Gasteiger partial charge in [-0.25, -0.2) is 0 Å². The van der Waals surface area contributed by atoms with Gasteiger partial charge in [-0.15, -0.1) is 0 Å². The highest BCUT2D eigenvalue weighted by atomic mass is 16.5. The fraction of sp³-hybridized carbons (Fsp3) is 0.545. The van der Waals surface area contributed by atoms with E-state index in [1.807, 2.05) is 13.8 Å². The van der Waals surface area contributed by atoms with Crippen molar-refractivity contribution in [2.24, 2.45) is 0 Å². The Morgan fingerprint density at radius 1 is 1.53 bits per heavy atom. The van der Waals surface area contributed by atoms with Gasteiger partial charge in [0, 0.05) is 12.2 Å². The number of hydrogen-bond donors (Lipinski definition) is 1. The lowest BCUT2D eigenvalue weighted by atomic mass is 10.2. The number of rotatable bonds is 5. The number of carbonyl (C=O) groups excluding carboxylic acids is 2. The standard InChI is InChI=1S/C11H17N3O3/c1-4-17-10(15)7-14(8(2)3)11(16)9-5-12-13-6-9/h5-6,8H,4,7H2,1-3H3,(H,12,13). The average Bonchev–Trinajstić information content (AvgIpc) is 2.78. The number of nitrogens with zero attached hydrogens (tertiary/aromatic N) is 2. The largest absolute Gasteiger partial charge is 0.465 e. The van der Waals surface area contributed by atoms with E-state index < -0.39 is 5.97 Å². The van der Waals surface area contributed by atoms with Crippen molar-refractivity contribution in [3.63, 3.8) is 0 Å². The fourth-order valence-corrected chi connectivity index (χ4v) is 1.37. The van der Waals surface area contributed by atoms with Crippen molar-refractivity contribution >= 4 is 11.9 Å². The summed E-state index contributed by atoms with van der Waals surface area (Å²) in [6.45, 7) is 5.68. The predicted molar refractivity (Wildman–Crippen MR) is 61.4 cm³/mol. The first-order valence-electron chi connectivity index (χ1n) is 5.51. The summed E-state index contributed by atoms with van der Waals surface area (Å²) in [5.41, 5.74) is 0.433. The Bertz CT molecular complexity index is 373. The lowest BCUT2D eigenvalue weighted by Crippen LogP contribution is -2.41. The first-order valence-corrected chi connectivity index (χ1v) is 5.51. The van der Waals surface area contributed by atoms with E-state index in [1.54, 1.807) is 6.92 Å². The van der Waals surface area contributed by atoms with Crippen LogP contribution in [-0.4, -0.2) is 46.2 Å². The van der Waals surface area contributed by atoms with Gasteiger partial charge >= 0.3 is 5.97 Å². The van der Waals surface area contributed by atoms with Crippen LogP contribution < -0.4 is 0 Å². The number of aromatic nitrogens is 2. The molecule has 1 N–H and O–H groups in total. The van der Waals surface area contributed by atoms with Crippen LogP contribution in [-0.2, 0) is 9.53 Å². The maximum Gasteiger partial charge on any atom is 0.325 e. The molecule has 1 aromatic rings. The van der Waals surface area contributed by atoms with E-state index in [2.05, 4.69) is 10.2 Å². The van der Waals surface area contributed by atoms with E-state index in [-0.39, 0.29) is 18.5 Å². The van der Waals surface area contributed by atoms with Gasteiger partial charge in [-0.3, -0.25) is 14.7 Å². The third-order valence-electron chi connectivity index (χ3n) is 2.23. The molecule has 1 amide bonds. The van der Waals surface area contributed by atoms with Crippen molar-refractivity contribution in [2.45, 2.75) is 26.8 Å². The SMILES string of the molecule is CCOC(=O)CN(C(=O)c1cn[nH]c1)C(C)C. The van der Waals surface area contributed by atoms with Crippen LogP contribution in [0, 0.1) is 0 Å². The van der Waals surface area contributed by atoms with E-state index in [4.69, 9.17) is 4.74 Å². The molecular weight excluding hydrogens is 222 g/mol. The normalized spacial score (nSPS) is 10.4. The monoisotopic (exact) mass is 239 g/mol. The summed E-state index contributed by atoms with van der Waals surface area (Å²) in [5.74, 6) is -0.639. The highest BCUT2D eigenvalue weighted by Gasteiger charge is 2.22. The van der Waals surface area contributed by atoms with Gasteiger partial charge in [0.25, 0.3) is 5.91 Å². The second-order valence-corrected chi connectivity index (χ2v) is 3.82. The van der Waals surface area contributed by atoms with Crippen molar-refractivity contribution in [3.05, 3.63) is 18.0 Å². The number of nitrogens with one attached hydrogen (secondary N) is 1. The van der Waals surface area contributed by atoms with Crippen LogP contribution in [0.25, 0.3) is 0 Å². The van der Waals surface area contributed by atoms with Crippen LogP contribution in [0.4, 0.5) is 0 Å². The smallest absolute Gasteiger partial charge is 0.325 e. The van der Waals surface area contributed by atoms with Gasteiger partial charge in [0.2, 0.25) is 0 Å². The first-order chi connectivity index (χ1) is 8.06. The molecule has 0 radical (unpaired) electrons. The second-order valence-electron chi connectivity index (χ2n) is 3.82. The summed E-state index contributed by atoms with van der Waals surface area (Å²) in [5, 5.41) is 6.28. The summed E-state index contributed by atoms with van der Waals surface area (Å²) in [7, 11) is 0. The van der Waals surface area contributed by atoms with Crippen LogP contribution in [0.3, 0.4) is 0 Å². The van der Waals surface area contributed by atoms with Crippen molar-refractivity contribution in [1.82, 2.24) is 15.1 Å². The molecule has 0 aliphatic rings. The molecule has 0 unspecified atom stereocenters. The highest BCUT2D eigenvalue weighted by Crippen LogP contribution is 2.07. The lowest BCUT2D eigenvalue weighted by molar-refractivity contribution is -0.144. The predicted octanol–water partition coefficient (Wildman–Crippen LogP) is 0.823. The van der Waals surface area contributed by atoms with E-state index >= 15 is 0 Å². The minimum absolute atomic E-state index is 0.0461. The topological polar surface area (TPSA) is 75.3 Å². The molecule has 94 valence electrons. The van der Waals surface area contributed by atoms with Gasteiger partial charge in [-0.05, 0) is 20.8 Å². The Labute approximate surface area is 99.9 Å². The molecule has 0 atom stereocenters. The molecule has 0 spiro atoms. The summed E-state index contributed by atoms with van der Waals surface area (Å²) in [6, 6.07) is -0.0817. The van der Waals surface area contributed by atoms with E-state index in [0.717, 1.165) is 0 Å². The Morgan fingerprint density at radius 2 is 2.24 bits per heavy atom.